The molecule has 2 aromatic heterocycles. The molecule has 1 unspecified atom stereocenters. The van der Waals surface area contributed by atoms with Crippen LogP contribution in [0.5, 0.6) is 11.6 Å². The molecule has 3 aromatic rings. The zero-order valence-corrected chi connectivity index (χ0v) is 20.4. The first-order chi connectivity index (χ1) is 16.8. The smallest absolute Gasteiger partial charge is 0.253 e. The monoisotopic (exact) mass is 520 g/mol. The summed E-state index contributed by atoms with van der Waals surface area (Å²) in [6.07, 6.45) is 2.05. The van der Waals surface area contributed by atoms with Crippen LogP contribution in [0.1, 0.15) is 37.6 Å². The van der Waals surface area contributed by atoms with Crippen molar-refractivity contribution in [2.45, 2.75) is 42.7 Å². The molecule has 1 aromatic carbocycles. The number of amides is 1. The Bertz CT molecular complexity index is 1440. The standard InChI is InChI=1S/C24H23F3N4O4S/c1-13-11-24(2,3)31(12-13)23-20(22(28)32)17(7-8-29-23)36(33,34)19-6-4-5-18(30-19)35-21-15(26)9-14(25)10-16(21)27/h4-10,13H,11-12H2,1-3H3,(H2,28,32). The number of anilines is 1. The topological polar surface area (TPSA) is 115 Å². The maximum atomic E-state index is 14.0. The molecule has 12 heteroatoms. The zero-order valence-electron chi connectivity index (χ0n) is 19.6. The Kier molecular flexibility index (Phi) is 6.41. The van der Waals surface area contributed by atoms with Crippen molar-refractivity contribution in [1.29, 1.82) is 0 Å². The number of rotatable bonds is 6. The van der Waals surface area contributed by atoms with Crippen LogP contribution in [0.3, 0.4) is 0 Å². The van der Waals surface area contributed by atoms with Crippen molar-refractivity contribution < 1.29 is 31.1 Å². The number of hydrogen-bond donors (Lipinski definition) is 1. The number of nitrogens with zero attached hydrogens (tertiary/aromatic N) is 3. The van der Waals surface area contributed by atoms with Gasteiger partial charge in [0.15, 0.2) is 16.7 Å². The number of pyridine rings is 2. The SMILES string of the molecule is CC1CN(c2nccc(S(=O)(=O)c3cccc(Oc4c(F)cc(F)cc4F)n3)c2C(N)=O)C(C)(C)C1. The number of primary amides is 1. The van der Waals surface area contributed by atoms with E-state index in [4.69, 9.17) is 10.5 Å². The van der Waals surface area contributed by atoms with Crippen LogP contribution >= 0.6 is 0 Å². The lowest BCUT2D eigenvalue weighted by atomic mass is 9.97. The Balaban J connectivity index is 1.79. The van der Waals surface area contributed by atoms with Gasteiger partial charge in [0.2, 0.25) is 21.5 Å². The van der Waals surface area contributed by atoms with Gasteiger partial charge in [-0.05, 0) is 38.3 Å². The molecular formula is C24H23F3N4O4S. The fourth-order valence-corrected chi connectivity index (χ4v) is 5.89. The highest BCUT2D eigenvalue weighted by atomic mass is 32.2. The maximum Gasteiger partial charge on any atom is 0.253 e. The number of nitrogens with two attached hydrogens (primary N) is 1. The molecule has 1 amide bonds. The third-order valence-electron chi connectivity index (χ3n) is 5.90. The van der Waals surface area contributed by atoms with Gasteiger partial charge in [0, 0.05) is 36.5 Å². The number of aromatic nitrogens is 2. The van der Waals surface area contributed by atoms with Gasteiger partial charge in [-0.1, -0.05) is 13.0 Å². The number of hydrogen-bond acceptors (Lipinski definition) is 7. The molecule has 3 heterocycles. The quantitative estimate of drug-likeness (QED) is 0.517. The van der Waals surface area contributed by atoms with E-state index in [1.165, 1.54) is 18.3 Å². The Morgan fingerprint density at radius 3 is 2.42 bits per heavy atom. The number of sulfone groups is 1. The van der Waals surface area contributed by atoms with Crippen LogP contribution in [0.4, 0.5) is 19.0 Å². The third-order valence-corrected chi connectivity index (χ3v) is 7.60. The van der Waals surface area contributed by atoms with Crippen molar-refractivity contribution in [3.63, 3.8) is 0 Å². The molecule has 1 aliphatic heterocycles. The van der Waals surface area contributed by atoms with Gasteiger partial charge in [-0.3, -0.25) is 4.79 Å². The first-order valence-corrected chi connectivity index (χ1v) is 12.4. The molecule has 1 atom stereocenters. The minimum atomic E-state index is -4.47. The lowest BCUT2D eigenvalue weighted by Gasteiger charge is -2.33. The lowest BCUT2D eigenvalue weighted by Crippen LogP contribution is -2.40. The number of carbonyl (C=O) groups excluding carboxylic acids is 1. The van der Waals surface area contributed by atoms with Gasteiger partial charge < -0.3 is 15.4 Å². The van der Waals surface area contributed by atoms with E-state index in [1.54, 1.807) is 0 Å². The molecule has 4 rings (SSSR count). The third kappa shape index (κ3) is 4.60. The first kappa shape index (κ1) is 25.4. The number of ether oxygens (including phenoxy) is 1. The van der Waals surface area contributed by atoms with Crippen molar-refractivity contribution in [2.24, 2.45) is 11.7 Å². The van der Waals surface area contributed by atoms with Crippen LogP contribution < -0.4 is 15.4 Å². The van der Waals surface area contributed by atoms with E-state index in [2.05, 4.69) is 9.97 Å². The molecule has 8 nitrogen and oxygen atoms in total. The summed E-state index contributed by atoms with van der Waals surface area (Å²) < 4.78 is 73.4. The van der Waals surface area contributed by atoms with Gasteiger partial charge in [0.05, 0.1) is 4.90 Å². The summed E-state index contributed by atoms with van der Waals surface area (Å²) in [6.45, 7) is 6.50. The van der Waals surface area contributed by atoms with Crippen molar-refractivity contribution >= 4 is 21.6 Å². The average molecular weight is 521 g/mol. The molecule has 1 saturated heterocycles. The molecule has 0 saturated carbocycles. The van der Waals surface area contributed by atoms with Crippen LogP contribution in [-0.4, -0.2) is 36.4 Å². The van der Waals surface area contributed by atoms with Gasteiger partial charge in [0.25, 0.3) is 5.91 Å². The lowest BCUT2D eigenvalue weighted by molar-refractivity contribution is 0.0997. The van der Waals surface area contributed by atoms with Crippen LogP contribution in [0, 0.1) is 23.4 Å². The highest BCUT2D eigenvalue weighted by molar-refractivity contribution is 7.91. The molecule has 0 aliphatic carbocycles. The Hall–Kier alpha value is -3.67. The first-order valence-electron chi connectivity index (χ1n) is 10.9. The minimum absolute atomic E-state index is 0.140. The Morgan fingerprint density at radius 2 is 1.83 bits per heavy atom. The normalized spacial score (nSPS) is 17.3. The highest BCUT2D eigenvalue weighted by Crippen LogP contribution is 2.39. The highest BCUT2D eigenvalue weighted by Gasteiger charge is 2.40. The summed E-state index contributed by atoms with van der Waals surface area (Å²) in [7, 11) is -4.47. The van der Waals surface area contributed by atoms with Crippen molar-refractivity contribution in [1.82, 2.24) is 9.97 Å². The largest absolute Gasteiger partial charge is 0.433 e. The molecule has 1 fully saturated rings. The minimum Gasteiger partial charge on any atom is -0.433 e. The molecule has 0 radical (unpaired) electrons. The summed E-state index contributed by atoms with van der Waals surface area (Å²) in [5.74, 6) is -5.82. The van der Waals surface area contributed by atoms with Crippen LogP contribution in [0.2, 0.25) is 0 Å². The van der Waals surface area contributed by atoms with Gasteiger partial charge in [-0.25, -0.2) is 31.6 Å². The van der Waals surface area contributed by atoms with E-state index < -0.39 is 60.3 Å². The molecule has 2 N–H and O–H groups in total. The summed E-state index contributed by atoms with van der Waals surface area (Å²) in [5.41, 5.74) is 4.93. The van der Waals surface area contributed by atoms with E-state index >= 15 is 0 Å². The van der Waals surface area contributed by atoms with Crippen molar-refractivity contribution in [2.75, 3.05) is 11.4 Å². The summed E-state index contributed by atoms with van der Waals surface area (Å²) in [4.78, 5) is 22.1. The Labute approximate surface area is 205 Å². The molecule has 1 aliphatic rings. The molecule has 36 heavy (non-hydrogen) atoms. The van der Waals surface area contributed by atoms with Crippen molar-refractivity contribution in [3.05, 3.63) is 65.6 Å². The van der Waals surface area contributed by atoms with E-state index in [0.717, 1.165) is 18.6 Å². The van der Waals surface area contributed by atoms with E-state index in [-0.39, 0.29) is 17.3 Å². The van der Waals surface area contributed by atoms with Gasteiger partial charge in [0.1, 0.15) is 17.2 Å². The van der Waals surface area contributed by atoms with E-state index in [0.29, 0.717) is 18.7 Å². The predicted molar refractivity (Wildman–Crippen MR) is 124 cm³/mol. The maximum absolute atomic E-state index is 14.0. The second-order valence-corrected chi connectivity index (χ2v) is 11.1. The van der Waals surface area contributed by atoms with Crippen LogP contribution in [-0.2, 0) is 9.84 Å². The number of halogens is 3. The molecule has 0 spiro atoms. The molecule has 0 bridgehead atoms. The fraction of sp³-hybridized carbons (Fsp3) is 0.292. The van der Waals surface area contributed by atoms with E-state index in [1.807, 2.05) is 25.7 Å². The number of benzene rings is 1. The molecule has 190 valence electrons. The average Bonchev–Trinajstić information content (AvgIpc) is 3.07. The van der Waals surface area contributed by atoms with Crippen LogP contribution in [0.15, 0.2) is 52.5 Å². The van der Waals surface area contributed by atoms with Crippen LogP contribution in [0.25, 0.3) is 0 Å². The predicted octanol–water partition coefficient (Wildman–Crippen LogP) is 4.24. The zero-order chi connectivity index (χ0) is 26.4. The second kappa shape index (κ2) is 9.08. The van der Waals surface area contributed by atoms with Crippen molar-refractivity contribution in [3.8, 4) is 11.6 Å². The number of carbonyl (C=O) groups is 1. The van der Waals surface area contributed by atoms with Gasteiger partial charge in [-0.15, -0.1) is 0 Å². The summed E-state index contributed by atoms with van der Waals surface area (Å²) in [6, 6.07) is 5.51. The van der Waals surface area contributed by atoms with E-state index in [9.17, 15) is 26.4 Å². The summed E-state index contributed by atoms with van der Waals surface area (Å²) in [5, 5.41) is -0.559. The second-order valence-electron chi connectivity index (χ2n) is 9.22. The van der Waals surface area contributed by atoms with Gasteiger partial charge >= 0.3 is 0 Å². The Morgan fingerprint density at radius 1 is 1.17 bits per heavy atom. The molecular weight excluding hydrogens is 497 g/mol. The van der Waals surface area contributed by atoms with Gasteiger partial charge in [-0.2, -0.15) is 0 Å². The fourth-order valence-electron chi connectivity index (χ4n) is 4.50. The summed E-state index contributed by atoms with van der Waals surface area (Å²) >= 11 is 0.